The van der Waals surface area contributed by atoms with Gasteiger partial charge in [0, 0.05) is 32.5 Å². The van der Waals surface area contributed by atoms with Crippen molar-refractivity contribution in [3.8, 4) is 5.75 Å². The number of likely N-dealkylation sites (N-methyl/N-ethyl adjacent to an activating group) is 1. The number of carbonyl (C=O) groups excluding carboxylic acids is 1. The van der Waals surface area contributed by atoms with Crippen molar-refractivity contribution in [2.75, 3.05) is 32.2 Å². The van der Waals surface area contributed by atoms with Crippen LogP contribution >= 0.6 is 0 Å². The van der Waals surface area contributed by atoms with E-state index in [0.29, 0.717) is 12.1 Å². The zero-order valence-corrected chi connectivity index (χ0v) is 10.9. The van der Waals surface area contributed by atoms with Crippen molar-refractivity contribution in [3.63, 3.8) is 0 Å². The molecule has 0 radical (unpaired) electrons. The highest BCUT2D eigenvalue weighted by Gasteiger charge is 2.12. The predicted octanol–water partition coefficient (Wildman–Crippen LogP) is 1.04. The standard InChI is InChI=1S/C13H19NO4/c1-9(15)12-5-4-10(6-13(12)17)14(2)7-11(16)8-18-3/h4-6,11,16-17H,7-8H2,1-3H3. The summed E-state index contributed by atoms with van der Waals surface area (Å²) < 4.78 is 4.84. The molecular formula is C13H19NO4. The summed E-state index contributed by atoms with van der Waals surface area (Å²) in [5, 5.41) is 19.3. The molecule has 0 aromatic heterocycles. The average molecular weight is 253 g/mol. The lowest BCUT2D eigenvalue weighted by Gasteiger charge is -2.22. The number of aliphatic hydroxyl groups excluding tert-OH is 1. The molecule has 1 unspecified atom stereocenters. The minimum atomic E-state index is -0.602. The number of methoxy groups -OCH3 is 1. The van der Waals surface area contributed by atoms with Crippen molar-refractivity contribution in [1.29, 1.82) is 0 Å². The van der Waals surface area contributed by atoms with E-state index in [1.807, 2.05) is 0 Å². The number of benzene rings is 1. The summed E-state index contributed by atoms with van der Waals surface area (Å²) in [5.41, 5.74) is 1.03. The van der Waals surface area contributed by atoms with Gasteiger partial charge in [-0.2, -0.15) is 0 Å². The molecule has 0 aliphatic rings. The van der Waals surface area contributed by atoms with Crippen LogP contribution in [0.4, 0.5) is 5.69 Å². The van der Waals surface area contributed by atoms with Crippen molar-refractivity contribution in [2.45, 2.75) is 13.0 Å². The van der Waals surface area contributed by atoms with Crippen LogP contribution < -0.4 is 4.90 Å². The van der Waals surface area contributed by atoms with Crippen LogP contribution in [-0.4, -0.2) is 49.4 Å². The predicted molar refractivity (Wildman–Crippen MR) is 69.3 cm³/mol. The first-order chi connectivity index (χ1) is 8.45. The lowest BCUT2D eigenvalue weighted by Crippen LogP contribution is -2.31. The Kier molecular flexibility index (Phi) is 5.12. The largest absolute Gasteiger partial charge is 0.507 e. The number of rotatable bonds is 6. The van der Waals surface area contributed by atoms with Crippen molar-refractivity contribution in [3.05, 3.63) is 23.8 Å². The number of aliphatic hydroxyl groups is 1. The fraction of sp³-hybridized carbons (Fsp3) is 0.462. The molecule has 2 N–H and O–H groups in total. The fourth-order valence-corrected chi connectivity index (χ4v) is 1.72. The molecule has 1 aromatic carbocycles. The number of hydrogen-bond donors (Lipinski definition) is 2. The lowest BCUT2D eigenvalue weighted by atomic mass is 10.1. The summed E-state index contributed by atoms with van der Waals surface area (Å²) in [6.07, 6.45) is -0.602. The second-order valence-corrected chi connectivity index (χ2v) is 4.25. The van der Waals surface area contributed by atoms with Crippen LogP contribution in [0.15, 0.2) is 18.2 Å². The van der Waals surface area contributed by atoms with Gasteiger partial charge in [-0.15, -0.1) is 0 Å². The Bertz CT molecular complexity index is 419. The Hall–Kier alpha value is -1.59. The highest BCUT2D eigenvalue weighted by Crippen LogP contribution is 2.24. The van der Waals surface area contributed by atoms with Crippen LogP contribution in [0.25, 0.3) is 0 Å². The zero-order chi connectivity index (χ0) is 13.7. The first-order valence-electron chi connectivity index (χ1n) is 5.67. The first-order valence-corrected chi connectivity index (χ1v) is 5.67. The second-order valence-electron chi connectivity index (χ2n) is 4.25. The summed E-state index contributed by atoms with van der Waals surface area (Å²) in [4.78, 5) is 13.0. The number of carbonyl (C=O) groups is 1. The lowest BCUT2D eigenvalue weighted by molar-refractivity contribution is 0.0695. The number of Topliss-reactive ketones (excluding diaryl/α,β-unsaturated/α-hetero) is 1. The quantitative estimate of drug-likeness (QED) is 0.741. The van der Waals surface area contributed by atoms with Gasteiger partial charge < -0.3 is 19.8 Å². The van der Waals surface area contributed by atoms with Crippen molar-refractivity contribution in [1.82, 2.24) is 0 Å². The number of phenolic OH excluding ortho intramolecular Hbond substituents is 1. The van der Waals surface area contributed by atoms with Gasteiger partial charge in [0.1, 0.15) is 5.75 Å². The Labute approximate surface area is 107 Å². The molecule has 0 spiro atoms. The van der Waals surface area contributed by atoms with E-state index >= 15 is 0 Å². The number of phenols is 1. The van der Waals surface area contributed by atoms with E-state index in [4.69, 9.17) is 4.74 Å². The van der Waals surface area contributed by atoms with Gasteiger partial charge in [0.05, 0.1) is 18.3 Å². The molecule has 0 amide bonds. The van der Waals surface area contributed by atoms with Gasteiger partial charge in [-0.1, -0.05) is 0 Å². The number of ketones is 1. The van der Waals surface area contributed by atoms with E-state index in [-0.39, 0.29) is 18.1 Å². The van der Waals surface area contributed by atoms with Gasteiger partial charge in [0.25, 0.3) is 0 Å². The molecule has 0 aliphatic heterocycles. The van der Waals surface area contributed by atoms with Crippen LogP contribution in [0.1, 0.15) is 17.3 Å². The minimum Gasteiger partial charge on any atom is -0.507 e. The van der Waals surface area contributed by atoms with Crippen LogP contribution in [-0.2, 0) is 4.74 Å². The minimum absolute atomic E-state index is 0.0481. The van der Waals surface area contributed by atoms with Crippen LogP contribution in [0, 0.1) is 0 Å². The fourth-order valence-electron chi connectivity index (χ4n) is 1.72. The maximum Gasteiger partial charge on any atom is 0.163 e. The molecule has 0 bridgehead atoms. The molecule has 5 nitrogen and oxygen atoms in total. The van der Waals surface area contributed by atoms with Crippen molar-refractivity contribution < 1.29 is 19.7 Å². The van der Waals surface area contributed by atoms with E-state index in [1.54, 1.807) is 24.1 Å². The molecule has 1 atom stereocenters. The van der Waals surface area contributed by atoms with E-state index in [0.717, 1.165) is 5.69 Å². The summed E-state index contributed by atoms with van der Waals surface area (Å²) in [6.45, 7) is 2.04. The molecule has 0 fully saturated rings. The summed E-state index contributed by atoms with van der Waals surface area (Å²) in [5.74, 6) is -0.228. The summed E-state index contributed by atoms with van der Waals surface area (Å²) in [6, 6.07) is 4.82. The highest BCUT2D eigenvalue weighted by molar-refractivity contribution is 5.97. The van der Waals surface area contributed by atoms with Gasteiger partial charge in [0.15, 0.2) is 5.78 Å². The van der Waals surface area contributed by atoms with E-state index < -0.39 is 6.10 Å². The number of hydrogen-bond acceptors (Lipinski definition) is 5. The third-order valence-corrected chi connectivity index (χ3v) is 2.65. The second kappa shape index (κ2) is 6.37. The molecular weight excluding hydrogens is 234 g/mol. The van der Waals surface area contributed by atoms with Crippen molar-refractivity contribution in [2.24, 2.45) is 0 Å². The van der Waals surface area contributed by atoms with E-state index in [1.165, 1.54) is 20.1 Å². The molecule has 0 heterocycles. The molecule has 0 aliphatic carbocycles. The Morgan fingerprint density at radius 2 is 2.17 bits per heavy atom. The van der Waals surface area contributed by atoms with Gasteiger partial charge in [0.2, 0.25) is 0 Å². The number of ether oxygens (including phenoxy) is 1. The Morgan fingerprint density at radius 3 is 2.67 bits per heavy atom. The van der Waals surface area contributed by atoms with Crippen molar-refractivity contribution >= 4 is 11.5 Å². The SMILES string of the molecule is COCC(O)CN(C)c1ccc(C(C)=O)c(O)c1. The van der Waals surface area contributed by atoms with Gasteiger partial charge in [-0.25, -0.2) is 0 Å². The molecule has 0 saturated carbocycles. The zero-order valence-electron chi connectivity index (χ0n) is 10.9. The average Bonchev–Trinajstić information content (AvgIpc) is 2.28. The Morgan fingerprint density at radius 1 is 1.50 bits per heavy atom. The van der Waals surface area contributed by atoms with Gasteiger partial charge >= 0.3 is 0 Å². The van der Waals surface area contributed by atoms with E-state index in [2.05, 4.69) is 0 Å². The normalized spacial score (nSPS) is 12.2. The number of nitrogens with zero attached hydrogens (tertiary/aromatic N) is 1. The molecule has 5 heteroatoms. The van der Waals surface area contributed by atoms with Gasteiger partial charge in [-0.3, -0.25) is 4.79 Å². The molecule has 100 valence electrons. The Balaban J connectivity index is 2.78. The maximum atomic E-state index is 11.2. The van der Waals surface area contributed by atoms with Gasteiger partial charge in [-0.05, 0) is 19.1 Å². The topological polar surface area (TPSA) is 70.0 Å². The first kappa shape index (κ1) is 14.5. The molecule has 0 saturated heterocycles. The molecule has 1 rings (SSSR count). The monoisotopic (exact) mass is 253 g/mol. The third kappa shape index (κ3) is 3.72. The van der Waals surface area contributed by atoms with Crippen LogP contribution in [0.3, 0.4) is 0 Å². The van der Waals surface area contributed by atoms with E-state index in [9.17, 15) is 15.0 Å². The number of anilines is 1. The summed E-state index contributed by atoms with van der Waals surface area (Å²) in [7, 11) is 3.32. The maximum absolute atomic E-state index is 11.2. The highest BCUT2D eigenvalue weighted by atomic mass is 16.5. The molecule has 18 heavy (non-hydrogen) atoms. The van der Waals surface area contributed by atoms with Crippen LogP contribution in [0.5, 0.6) is 5.75 Å². The molecule has 1 aromatic rings. The summed E-state index contributed by atoms with van der Waals surface area (Å²) >= 11 is 0. The third-order valence-electron chi connectivity index (χ3n) is 2.65. The smallest absolute Gasteiger partial charge is 0.163 e. The van der Waals surface area contributed by atoms with Crippen LogP contribution in [0.2, 0.25) is 0 Å². The number of aromatic hydroxyl groups is 1.